The predicted molar refractivity (Wildman–Crippen MR) is 80.3 cm³/mol. The summed E-state index contributed by atoms with van der Waals surface area (Å²) in [5.41, 5.74) is 5.82. The van der Waals surface area contributed by atoms with E-state index in [0.717, 1.165) is 16.3 Å². The summed E-state index contributed by atoms with van der Waals surface area (Å²) in [4.78, 5) is 22.8. The van der Waals surface area contributed by atoms with Gasteiger partial charge in [-0.1, -0.05) is 11.8 Å². The number of carbonyl (C=O) groups excluding carboxylic acids is 2. The Morgan fingerprint density at radius 1 is 1.25 bits per heavy atom. The zero-order valence-corrected chi connectivity index (χ0v) is 13.1. The first-order valence-corrected chi connectivity index (χ1v) is 7.46. The number of hydrogen-bond donors (Lipinski definition) is 2. The number of halogens is 3. The molecule has 1 aromatic carbocycles. The Kier molecular flexibility index (Phi) is 5.12. The van der Waals surface area contributed by atoms with Crippen molar-refractivity contribution in [2.45, 2.75) is 11.3 Å². The van der Waals surface area contributed by atoms with Crippen molar-refractivity contribution in [1.82, 2.24) is 14.8 Å². The molecule has 0 bridgehead atoms. The molecule has 11 heteroatoms. The summed E-state index contributed by atoms with van der Waals surface area (Å²) in [6.45, 7) is 0. The molecule has 2 amide bonds. The average molecular weight is 359 g/mol. The lowest BCUT2D eigenvalue weighted by molar-refractivity contribution is -0.147. The Labute approximate surface area is 138 Å². The van der Waals surface area contributed by atoms with Crippen molar-refractivity contribution in [3.8, 4) is 0 Å². The molecule has 128 valence electrons. The van der Waals surface area contributed by atoms with E-state index in [2.05, 4.69) is 15.5 Å². The van der Waals surface area contributed by atoms with Crippen molar-refractivity contribution in [1.29, 1.82) is 0 Å². The number of alkyl halides is 3. The van der Waals surface area contributed by atoms with Gasteiger partial charge in [-0.15, -0.1) is 10.2 Å². The van der Waals surface area contributed by atoms with Crippen LogP contribution in [-0.2, 0) is 18.0 Å². The van der Waals surface area contributed by atoms with Crippen LogP contribution in [0.3, 0.4) is 0 Å². The lowest BCUT2D eigenvalue weighted by Crippen LogP contribution is -2.16. The highest BCUT2D eigenvalue weighted by atomic mass is 32.2. The number of hydrogen-bond acceptors (Lipinski definition) is 5. The topological polar surface area (TPSA) is 103 Å². The van der Waals surface area contributed by atoms with Crippen LogP contribution in [0.2, 0.25) is 0 Å². The normalized spacial score (nSPS) is 11.3. The zero-order valence-electron chi connectivity index (χ0n) is 12.3. The van der Waals surface area contributed by atoms with E-state index in [9.17, 15) is 22.8 Å². The third kappa shape index (κ3) is 4.25. The van der Waals surface area contributed by atoms with E-state index in [4.69, 9.17) is 5.73 Å². The molecule has 0 spiro atoms. The van der Waals surface area contributed by atoms with Gasteiger partial charge in [-0.05, 0) is 24.3 Å². The molecular formula is C13H12F3N5O2S. The van der Waals surface area contributed by atoms with Crippen LogP contribution in [0.4, 0.5) is 18.9 Å². The average Bonchev–Trinajstić information content (AvgIpc) is 2.86. The lowest BCUT2D eigenvalue weighted by atomic mass is 10.2. The van der Waals surface area contributed by atoms with Crippen molar-refractivity contribution < 1.29 is 22.8 Å². The molecular weight excluding hydrogens is 347 g/mol. The lowest BCUT2D eigenvalue weighted by Gasteiger charge is -2.07. The predicted octanol–water partition coefficient (Wildman–Crippen LogP) is 1.66. The van der Waals surface area contributed by atoms with Gasteiger partial charge in [-0.3, -0.25) is 9.59 Å². The summed E-state index contributed by atoms with van der Waals surface area (Å²) in [7, 11) is 1.17. The monoisotopic (exact) mass is 359 g/mol. The fourth-order valence-corrected chi connectivity index (χ4v) is 2.44. The summed E-state index contributed by atoms with van der Waals surface area (Å²) in [5.74, 6) is -2.32. The van der Waals surface area contributed by atoms with E-state index in [1.165, 1.54) is 31.3 Å². The minimum Gasteiger partial charge on any atom is -0.366 e. The molecule has 0 radical (unpaired) electrons. The third-order valence-electron chi connectivity index (χ3n) is 2.87. The number of nitrogens with one attached hydrogen (secondary N) is 1. The van der Waals surface area contributed by atoms with Crippen LogP contribution in [0.25, 0.3) is 0 Å². The number of carbonyl (C=O) groups is 2. The number of benzene rings is 1. The first-order valence-electron chi connectivity index (χ1n) is 6.47. The Balaban J connectivity index is 1.94. The van der Waals surface area contributed by atoms with Crippen LogP contribution in [0, 0.1) is 0 Å². The first-order chi connectivity index (χ1) is 11.2. The Bertz CT molecular complexity index is 758. The van der Waals surface area contributed by atoms with Gasteiger partial charge in [0.15, 0.2) is 5.16 Å². The molecule has 2 aromatic rings. The van der Waals surface area contributed by atoms with Crippen LogP contribution in [-0.4, -0.2) is 32.3 Å². The largest absolute Gasteiger partial charge is 0.451 e. The van der Waals surface area contributed by atoms with Crippen LogP contribution >= 0.6 is 11.8 Å². The first kappa shape index (κ1) is 17.8. The van der Waals surface area contributed by atoms with Crippen LogP contribution < -0.4 is 11.1 Å². The fraction of sp³-hybridized carbons (Fsp3) is 0.231. The molecule has 0 aliphatic rings. The number of anilines is 1. The second kappa shape index (κ2) is 6.91. The summed E-state index contributed by atoms with van der Waals surface area (Å²) >= 11 is 0.823. The highest BCUT2D eigenvalue weighted by Gasteiger charge is 2.37. The fourth-order valence-electron chi connectivity index (χ4n) is 1.73. The molecule has 0 fully saturated rings. The van der Waals surface area contributed by atoms with Crippen molar-refractivity contribution >= 4 is 29.3 Å². The van der Waals surface area contributed by atoms with E-state index in [-0.39, 0.29) is 10.9 Å². The summed E-state index contributed by atoms with van der Waals surface area (Å²) < 4.78 is 38.6. The van der Waals surface area contributed by atoms with E-state index < -0.39 is 23.8 Å². The van der Waals surface area contributed by atoms with Gasteiger partial charge in [-0.25, -0.2) is 0 Å². The summed E-state index contributed by atoms with van der Waals surface area (Å²) in [6, 6.07) is 5.88. The summed E-state index contributed by atoms with van der Waals surface area (Å²) in [5, 5.41) is 9.00. The molecule has 7 nitrogen and oxygen atoms in total. The highest BCUT2D eigenvalue weighted by molar-refractivity contribution is 7.99. The van der Waals surface area contributed by atoms with Gasteiger partial charge < -0.3 is 15.6 Å². The van der Waals surface area contributed by atoms with E-state index in [1.807, 2.05) is 0 Å². The van der Waals surface area contributed by atoms with Gasteiger partial charge in [-0.2, -0.15) is 13.2 Å². The van der Waals surface area contributed by atoms with E-state index in [0.29, 0.717) is 11.3 Å². The molecule has 0 unspecified atom stereocenters. The standard InChI is InChI=1S/C13H12F3N5O2S/c1-21-11(13(14,15)16)19-20-12(21)24-6-9(22)18-8-4-2-7(3-5-8)10(17)23/h2-5H,6H2,1H3,(H2,17,23)(H,18,22). The second-order valence-electron chi connectivity index (χ2n) is 4.64. The number of nitrogens with zero attached hydrogens (tertiary/aromatic N) is 3. The number of amides is 2. The quantitative estimate of drug-likeness (QED) is 0.791. The van der Waals surface area contributed by atoms with Gasteiger partial charge in [0.25, 0.3) is 0 Å². The minimum absolute atomic E-state index is 0.0263. The molecule has 2 rings (SSSR count). The molecule has 3 N–H and O–H groups in total. The van der Waals surface area contributed by atoms with Gasteiger partial charge in [0, 0.05) is 18.3 Å². The van der Waals surface area contributed by atoms with Crippen LogP contribution in [0.5, 0.6) is 0 Å². The molecule has 0 saturated carbocycles. The number of thioether (sulfide) groups is 1. The number of aromatic nitrogens is 3. The Morgan fingerprint density at radius 2 is 1.88 bits per heavy atom. The van der Waals surface area contributed by atoms with Crippen molar-refractivity contribution in [3.63, 3.8) is 0 Å². The van der Waals surface area contributed by atoms with Gasteiger partial charge in [0.2, 0.25) is 17.6 Å². The number of rotatable bonds is 5. The van der Waals surface area contributed by atoms with Gasteiger partial charge in [0.1, 0.15) is 0 Å². The van der Waals surface area contributed by atoms with Gasteiger partial charge in [0.05, 0.1) is 5.75 Å². The van der Waals surface area contributed by atoms with Crippen LogP contribution in [0.1, 0.15) is 16.2 Å². The van der Waals surface area contributed by atoms with Crippen molar-refractivity contribution in [2.24, 2.45) is 12.8 Å². The minimum atomic E-state index is -4.61. The van der Waals surface area contributed by atoms with Crippen molar-refractivity contribution in [2.75, 3.05) is 11.1 Å². The number of nitrogens with two attached hydrogens (primary N) is 1. The smallest absolute Gasteiger partial charge is 0.366 e. The molecule has 1 aromatic heterocycles. The summed E-state index contributed by atoms with van der Waals surface area (Å²) in [6.07, 6.45) is -4.61. The maximum atomic E-state index is 12.6. The molecule has 0 atom stereocenters. The third-order valence-corrected chi connectivity index (χ3v) is 3.89. The SMILES string of the molecule is Cn1c(SCC(=O)Nc2ccc(C(N)=O)cc2)nnc1C(F)(F)F. The second-order valence-corrected chi connectivity index (χ2v) is 5.58. The van der Waals surface area contributed by atoms with E-state index in [1.54, 1.807) is 0 Å². The maximum absolute atomic E-state index is 12.6. The maximum Gasteiger partial charge on any atom is 0.451 e. The number of primary amides is 1. The van der Waals surface area contributed by atoms with Crippen molar-refractivity contribution in [3.05, 3.63) is 35.7 Å². The highest BCUT2D eigenvalue weighted by Crippen LogP contribution is 2.29. The molecule has 0 aliphatic heterocycles. The van der Waals surface area contributed by atoms with Gasteiger partial charge >= 0.3 is 6.18 Å². The molecule has 1 heterocycles. The van der Waals surface area contributed by atoms with E-state index >= 15 is 0 Å². The zero-order chi connectivity index (χ0) is 17.9. The molecule has 0 aliphatic carbocycles. The molecule has 0 saturated heterocycles. The molecule has 24 heavy (non-hydrogen) atoms. The Hall–Kier alpha value is -2.56. The Morgan fingerprint density at radius 3 is 2.38 bits per heavy atom. The van der Waals surface area contributed by atoms with Crippen LogP contribution in [0.15, 0.2) is 29.4 Å².